The molecule has 3 nitrogen and oxygen atoms in total. The third-order valence-electron chi connectivity index (χ3n) is 5.47. The Morgan fingerprint density at radius 2 is 2.07 bits per heavy atom. The van der Waals surface area contributed by atoms with Crippen molar-refractivity contribution in [1.82, 2.24) is 4.90 Å². The van der Waals surface area contributed by atoms with E-state index in [-0.39, 0.29) is 0 Å². The topological polar surface area (TPSA) is 32.7 Å². The third-order valence-corrected chi connectivity index (χ3v) is 6.48. The third kappa shape index (κ3) is 2.94. The molecule has 0 aromatic heterocycles. The minimum Gasteiger partial charge on any atom is -0.343 e. The summed E-state index contributed by atoms with van der Waals surface area (Å²) in [4.78, 5) is 19.9. The number of aldehydes is 1. The van der Waals surface area contributed by atoms with E-state index in [2.05, 4.69) is 69.9 Å². The van der Waals surface area contributed by atoms with Gasteiger partial charge in [0.25, 0.3) is 0 Å². The first-order chi connectivity index (χ1) is 13.8. The second-order valence-corrected chi connectivity index (χ2v) is 8.04. The number of carbonyl (C=O) groups is 1. The molecular weight excluding hydrogens is 364 g/mol. The van der Waals surface area contributed by atoms with Gasteiger partial charge in [0.2, 0.25) is 0 Å². The number of benzene rings is 1. The van der Waals surface area contributed by atoms with E-state index in [0.717, 1.165) is 36.9 Å². The fraction of sp³-hybridized carbons (Fsp3) is 0.167. The summed E-state index contributed by atoms with van der Waals surface area (Å²) in [7, 11) is 0. The summed E-state index contributed by atoms with van der Waals surface area (Å²) in [5, 5.41) is 2.14. The zero-order chi connectivity index (χ0) is 18.9. The molecule has 2 heterocycles. The molecule has 0 bridgehead atoms. The standard InChI is InChI=1S/C24H20N2OS/c27-16-22-25-15-19-8-4-10-20-21(14-18-9-5-13-28-24(18)20)23(19)26(22)12-11-17-6-2-1-3-7-17/h1-10,13,15-16,22H,11-12,14H2. The Bertz CT molecular complexity index is 1040. The van der Waals surface area contributed by atoms with Gasteiger partial charge in [-0.3, -0.25) is 9.79 Å². The number of aliphatic imine (C=N–C) groups is 1. The first-order valence-corrected chi connectivity index (χ1v) is 10.4. The second kappa shape index (κ2) is 7.28. The molecule has 1 aromatic rings. The molecule has 0 saturated heterocycles. The maximum Gasteiger partial charge on any atom is 0.177 e. The highest BCUT2D eigenvalue weighted by molar-refractivity contribution is 8.06. The van der Waals surface area contributed by atoms with Gasteiger partial charge in [-0.15, -0.1) is 0 Å². The van der Waals surface area contributed by atoms with Gasteiger partial charge in [-0.2, -0.15) is 0 Å². The largest absolute Gasteiger partial charge is 0.343 e. The normalized spacial score (nSPS) is 22.4. The van der Waals surface area contributed by atoms with E-state index in [1.165, 1.54) is 27.2 Å². The SMILES string of the molecule is O=CC1N=CC2=CC=CC3=C4SC=CC=C4CC3=C2N1CCc1ccccc1. The van der Waals surface area contributed by atoms with Gasteiger partial charge in [-0.1, -0.05) is 72.5 Å². The van der Waals surface area contributed by atoms with Crippen LogP contribution in [0.15, 0.2) is 104 Å². The molecule has 0 saturated carbocycles. The summed E-state index contributed by atoms with van der Waals surface area (Å²) in [5.74, 6) is 0. The minimum atomic E-state index is -0.463. The fourth-order valence-electron chi connectivity index (χ4n) is 4.16. The van der Waals surface area contributed by atoms with Crippen LogP contribution in [-0.4, -0.2) is 30.1 Å². The van der Waals surface area contributed by atoms with Gasteiger partial charge < -0.3 is 4.90 Å². The fourth-order valence-corrected chi connectivity index (χ4v) is 5.06. The summed E-state index contributed by atoms with van der Waals surface area (Å²) in [6, 6.07) is 10.4. The molecular formula is C24H20N2OS. The minimum absolute atomic E-state index is 0.463. The van der Waals surface area contributed by atoms with Gasteiger partial charge in [-0.25, -0.2) is 0 Å². The lowest BCUT2D eigenvalue weighted by atomic mass is 9.99. The van der Waals surface area contributed by atoms with Crippen LogP contribution in [0.2, 0.25) is 0 Å². The predicted molar refractivity (Wildman–Crippen MR) is 116 cm³/mol. The molecule has 4 heteroatoms. The number of carbonyl (C=O) groups excluding carboxylic acids is 1. The molecule has 138 valence electrons. The highest BCUT2D eigenvalue weighted by Crippen LogP contribution is 2.48. The monoisotopic (exact) mass is 384 g/mol. The molecule has 0 radical (unpaired) electrons. The maximum atomic E-state index is 11.8. The zero-order valence-corrected chi connectivity index (χ0v) is 16.2. The molecule has 0 fully saturated rings. The van der Waals surface area contributed by atoms with Crippen molar-refractivity contribution in [3.63, 3.8) is 0 Å². The van der Waals surface area contributed by atoms with Crippen molar-refractivity contribution in [2.24, 2.45) is 4.99 Å². The Labute approximate surface area is 169 Å². The molecule has 4 aliphatic rings. The molecule has 1 aromatic carbocycles. The van der Waals surface area contributed by atoms with Crippen molar-refractivity contribution in [2.45, 2.75) is 19.0 Å². The highest BCUT2D eigenvalue weighted by Gasteiger charge is 2.34. The summed E-state index contributed by atoms with van der Waals surface area (Å²) in [6.45, 7) is 0.758. The summed E-state index contributed by atoms with van der Waals surface area (Å²) < 4.78 is 0. The maximum absolute atomic E-state index is 11.8. The van der Waals surface area contributed by atoms with E-state index in [1.807, 2.05) is 12.3 Å². The van der Waals surface area contributed by atoms with Gasteiger partial charge in [0.05, 0.1) is 5.70 Å². The van der Waals surface area contributed by atoms with Crippen LogP contribution < -0.4 is 0 Å². The number of nitrogens with zero attached hydrogens (tertiary/aromatic N) is 2. The number of rotatable bonds is 4. The molecule has 1 atom stereocenters. The summed E-state index contributed by atoms with van der Waals surface area (Å²) >= 11 is 1.79. The van der Waals surface area contributed by atoms with Crippen molar-refractivity contribution in [2.75, 3.05) is 6.54 Å². The van der Waals surface area contributed by atoms with Crippen LogP contribution >= 0.6 is 11.8 Å². The number of hydrogen-bond donors (Lipinski definition) is 0. The van der Waals surface area contributed by atoms with Crippen LogP contribution in [0.25, 0.3) is 0 Å². The second-order valence-electron chi connectivity index (χ2n) is 7.12. The molecule has 28 heavy (non-hydrogen) atoms. The van der Waals surface area contributed by atoms with Crippen LogP contribution in [0, 0.1) is 0 Å². The molecule has 0 amide bonds. The lowest BCUT2D eigenvalue weighted by molar-refractivity contribution is -0.111. The van der Waals surface area contributed by atoms with Gasteiger partial charge in [0.1, 0.15) is 0 Å². The van der Waals surface area contributed by atoms with Crippen LogP contribution in [0.3, 0.4) is 0 Å². The Morgan fingerprint density at radius 1 is 1.18 bits per heavy atom. The number of allylic oxidation sites excluding steroid dienone is 9. The number of hydrogen-bond acceptors (Lipinski definition) is 4. The smallest absolute Gasteiger partial charge is 0.177 e. The average Bonchev–Trinajstić information content (AvgIpc) is 3.01. The van der Waals surface area contributed by atoms with E-state index < -0.39 is 6.17 Å². The van der Waals surface area contributed by atoms with E-state index in [9.17, 15) is 4.79 Å². The van der Waals surface area contributed by atoms with E-state index in [0.29, 0.717) is 0 Å². The lowest BCUT2D eigenvalue weighted by Crippen LogP contribution is -2.40. The van der Waals surface area contributed by atoms with Crippen molar-refractivity contribution in [3.8, 4) is 0 Å². The Hall–Kier alpha value is -2.85. The molecule has 1 unspecified atom stereocenters. The Balaban J connectivity index is 1.58. The van der Waals surface area contributed by atoms with Gasteiger partial charge in [0, 0.05) is 29.7 Å². The van der Waals surface area contributed by atoms with Crippen molar-refractivity contribution < 1.29 is 4.79 Å². The molecule has 0 N–H and O–H groups in total. The van der Waals surface area contributed by atoms with Crippen LogP contribution in [-0.2, 0) is 11.2 Å². The van der Waals surface area contributed by atoms with Gasteiger partial charge in [-0.05, 0) is 34.1 Å². The van der Waals surface area contributed by atoms with Crippen LogP contribution in [0.5, 0.6) is 0 Å². The summed E-state index contributed by atoms with van der Waals surface area (Å²) in [5.41, 5.74) is 7.47. The van der Waals surface area contributed by atoms with Crippen molar-refractivity contribution in [3.05, 3.63) is 105 Å². The lowest BCUT2D eigenvalue weighted by Gasteiger charge is -2.35. The van der Waals surface area contributed by atoms with E-state index in [4.69, 9.17) is 0 Å². The van der Waals surface area contributed by atoms with Crippen LogP contribution in [0.4, 0.5) is 0 Å². The van der Waals surface area contributed by atoms with Gasteiger partial charge >= 0.3 is 0 Å². The Morgan fingerprint density at radius 3 is 2.93 bits per heavy atom. The first kappa shape index (κ1) is 17.3. The number of fused-ring (bicyclic) bond motifs is 3. The summed E-state index contributed by atoms with van der Waals surface area (Å²) in [6.07, 6.45) is 14.9. The van der Waals surface area contributed by atoms with Crippen molar-refractivity contribution in [1.29, 1.82) is 0 Å². The number of thioether (sulfide) groups is 1. The Kier molecular flexibility index (Phi) is 4.49. The van der Waals surface area contributed by atoms with E-state index in [1.54, 1.807) is 11.8 Å². The highest BCUT2D eigenvalue weighted by atomic mass is 32.2. The van der Waals surface area contributed by atoms with E-state index >= 15 is 0 Å². The molecule has 0 spiro atoms. The predicted octanol–water partition coefficient (Wildman–Crippen LogP) is 4.74. The zero-order valence-electron chi connectivity index (χ0n) is 15.4. The van der Waals surface area contributed by atoms with Crippen molar-refractivity contribution >= 4 is 24.3 Å². The quantitative estimate of drug-likeness (QED) is 0.703. The molecule has 2 aliphatic carbocycles. The molecule has 5 rings (SSSR count). The first-order valence-electron chi connectivity index (χ1n) is 9.53. The van der Waals surface area contributed by atoms with Crippen LogP contribution in [0.1, 0.15) is 12.0 Å². The van der Waals surface area contributed by atoms with Gasteiger partial charge in [0.15, 0.2) is 12.5 Å². The average molecular weight is 385 g/mol. The molecule has 2 aliphatic heterocycles.